The van der Waals surface area contributed by atoms with Crippen LogP contribution in [0.15, 0.2) is 24.4 Å². The molecule has 96 valence electrons. The van der Waals surface area contributed by atoms with E-state index in [4.69, 9.17) is 0 Å². The molecular weight excluding hydrogens is 247 g/mol. The number of aryl methyl sites for hydroxylation is 2. The molecule has 0 aliphatic rings. The fraction of sp³-hybridized carbons (Fsp3) is 0.357. The molecule has 0 fully saturated rings. The van der Waals surface area contributed by atoms with Crippen LogP contribution in [0.25, 0.3) is 0 Å². The van der Waals surface area contributed by atoms with Crippen LogP contribution in [-0.4, -0.2) is 11.5 Å². The Hall–Kier alpha value is -1.26. The molecule has 0 aliphatic heterocycles. The van der Waals surface area contributed by atoms with Gasteiger partial charge in [0, 0.05) is 11.1 Å². The van der Waals surface area contributed by atoms with Crippen LogP contribution in [0.3, 0.4) is 0 Å². The summed E-state index contributed by atoms with van der Waals surface area (Å²) in [5.74, 6) is -0.188. The van der Waals surface area contributed by atoms with Gasteiger partial charge in [-0.15, -0.1) is 11.3 Å². The minimum atomic E-state index is -0.188. The molecule has 0 saturated heterocycles. The summed E-state index contributed by atoms with van der Waals surface area (Å²) in [6, 6.07) is 5.04. The molecule has 1 heterocycles. The van der Waals surface area contributed by atoms with Gasteiger partial charge in [0.2, 0.25) is 0 Å². The molecule has 1 N–H and O–H groups in total. The van der Waals surface area contributed by atoms with E-state index < -0.39 is 0 Å². The summed E-state index contributed by atoms with van der Waals surface area (Å²) >= 11 is 1.68. The van der Waals surface area contributed by atoms with Gasteiger partial charge in [0.25, 0.3) is 0 Å². The topological polar surface area (TPSA) is 24.9 Å². The molecule has 0 amide bonds. The second-order valence-electron chi connectivity index (χ2n) is 4.27. The smallest absolute Gasteiger partial charge is 0.123 e. The first kappa shape index (κ1) is 13.2. The van der Waals surface area contributed by atoms with Gasteiger partial charge >= 0.3 is 0 Å². The third-order valence-corrected chi connectivity index (χ3v) is 3.85. The van der Waals surface area contributed by atoms with Crippen molar-refractivity contribution in [2.75, 3.05) is 6.54 Å². The van der Waals surface area contributed by atoms with Gasteiger partial charge in [-0.25, -0.2) is 9.37 Å². The summed E-state index contributed by atoms with van der Waals surface area (Å²) in [6.07, 6.45) is 1.90. The third kappa shape index (κ3) is 2.76. The molecule has 0 spiro atoms. The number of hydrogen-bond donors (Lipinski definition) is 1. The van der Waals surface area contributed by atoms with Crippen LogP contribution in [0, 0.1) is 19.7 Å². The van der Waals surface area contributed by atoms with Gasteiger partial charge in [-0.3, -0.25) is 0 Å². The average molecular weight is 264 g/mol. The first-order valence-corrected chi connectivity index (χ1v) is 6.85. The number of nitrogens with one attached hydrogen (secondary N) is 1. The standard InChI is InChI=1S/C14H17FN2S/c1-4-16-14(13-8-17-10(3)18-13)12-6-5-11(15)7-9(12)2/h5-8,14,16H,4H2,1-3H3. The Balaban J connectivity index is 2.41. The molecule has 4 heteroatoms. The van der Waals surface area contributed by atoms with Crippen LogP contribution in [0.5, 0.6) is 0 Å². The van der Waals surface area contributed by atoms with Crippen molar-refractivity contribution in [1.82, 2.24) is 10.3 Å². The van der Waals surface area contributed by atoms with E-state index >= 15 is 0 Å². The maximum atomic E-state index is 13.2. The minimum absolute atomic E-state index is 0.0989. The molecular formula is C14H17FN2S. The lowest BCUT2D eigenvalue weighted by atomic mass is 10.0. The van der Waals surface area contributed by atoms with Crippen LogP contribution >= 0.6 is 11.3 Å². The van der Waals surface area contributed by atoms with Crippen molar-refractivity contribution in [2.24, 2.45) is 0 Å². The molecule has 0 aliphatic carbocycles. The fourth-order valence-electron chi connectivity index (χ4n) is 2.04. The van der Waals surface area contributed by atoms with Crippen molar-refractivity contribution in [2.45, 2.75) is 26.8 Å². The van der Waals surface area contributed by atoms with Crippen molar-refractivity contribution < 1.29 is 4.39 Å². The van der Waals surface area contributed by atoms with E-state index in [-0.39, 0.29) is 11.9 Å². The van der Waals surface area contributed by atoms with Crippen molar-refractivity contribution in [1.29, 1.82) is 0 Å². The van der Waals surface area contributed by atoms with Crippen molar-refractivity contribution in [3.63, 3.8) is 0 Å². The second-order valence-corrected chi connectivity index (χ2v) is 5.54. The van der Waals surface area contributed by atoms with Crippen LogP contribution in [0.2, 0.25) is 0 Å². The Kier molecular flexibility index (Phi) is 4.09. The van der Waals surface area contributed by atoms with E-state index in [2.05, 4.69) is 17.2 Å². The molecule has 2 aromatic rings. The molecule has 0 radical (unpaired) electrons. The third-order valence-electron chi connectivity index (χ3n) is 2.87. The number of rotatable bonds is 4. The Morgan fingerprint density at radius 2 is 2.17 bits per heavy atom. The van der Waals surface area contributed by atoms with E-state index in [1.807, 2.05) is 26.1 Å². The van der Waals surface area contributed by atoms with E-state index in [0.717, 1.165) is 22.7 Å². The van der Waals surface area contributed by atoms with Gasteiger partial charge in [0.1, 0.15) is 5.82 Å². The van der Waals surface area contributed by atoms with Crippen molar-refractivity contribution in [3.05, 3.63) is 51.2 Å². The molecule has 1 aromatic heterocycles. The summed E-state index contributed by atoms with van der Waals surface area (Å²) in [4.78, 5) is 5.47. The SMILES string of the molecule is CCNC(c1cnc(C)s1)c1ccc(F)cc1C. The normalized spacial score (nSPS) is 12.7. The molecule has 2 rings (SSSR count). The molecule has 2 nitrogen and oxygen atoms in total. The summed E-state index contributed by atoms with van der Waals surface area (Å²) in [5, 5.41) is 4.49. The largest absolute Gasteiger partial charge is 0.306 e. The maximum Gasteiger partial charge on any atom is 0.123 e. The summed E-state index contributed by atoms with van der Waals surface area (Å²) in [5.41, 5.74) is 2.08. The number of benzene rings is 1. The quantitative estimate of drug-likeness (QED) is 0.912. The lowest BCUT2D eigenvalue weighted by Crippen LogP contribution is -2.22. The highest BCUT2D eigenvalue weighted by atomic mass is 32.1. The molecule has 1 unspecified atom stereocenters. The van der Waals surface area contributed by atoms with Crippen molar-refractivity contribution in [3.8, 4) is 0 Å². The number of halogens is 1. The van der Waals surface area contributed by atoms with E-state index in [1.54, 1.807) is 17.4 Å². The fourth-order valence-corrected chi connectivity index (χ4v) is 2.92. The molecule has 0 saturated carbocycles. The Labute approximate surface area is 111 Å². The zero-order valence-corrected chi connectivity index (χ0v) is 11.6. The lowest BCUT2D eigenvalue weighted by Gasteiger charge is -2.18. The Morgan fingerprint density at radius 3 is 2.72 bits per heavy atom. The maximum absolute atomic E-state index is 13.2. The monoisotopic (exact) mass is 264 g/mol. The van der Waals surface area contributed by atoms with E-state index in [9.17, 15) is 4.39 Å². The van der Waals surface area contributed by atoms with Crippen molar-refractivity contribution >= 4 is 11.3 Å². The molecule has 1 atom stereocenters. The van der Waals surface area contributed by atoms with Gasteiger partial charge in [-0.2, -0.15) is 0 Å². The van der Waals surface area contributed by atoms with Crippen LogP contribution < -0.4 is 5.32 Å². The van der Waals surface area contributed by atoms with Crippen LogP contribution in [0.4, 0.5) is 4.39 Å². The number of nitrogens with zero attached hydrogens (tertiary/aromatic N) is 1. The zero-order chi connectivity index (χ0) is 13.1. The predicted octanol–water partition coefficient (Wildman–Crippen LogP) is 3.60. The lowest BCUT2D eigenvalue weighted by molar-refractivity contribution is 0.613. The average Bonchev–Trinajstić information content (AvgIpc) is 2.73. The van der Waals surface area contributed by atoms with Crippen LogP contribution in [0.1, 0.15) is 34.0 Å². The summed E-state index contributed by atoms with van der Waals surface area (Å²) in [7, 11) is 0. The number of aromatic nitrogens is 1. The zero-order valence-electron chi connectivity index (χ0n) is 10.8. The molecule has 0 bridgehead atoms. The summed E-state index contributed by atoms with van der Waals surface area (Å²) < 4.78 is 13.2. The van der Waals surface area contributed by atoms with Gasteiger partial charge in [0.05, 0.1) is 11.0 Å². The molecule has 1 aromatic carbocycles. The first-order chi connectivity index (χ1) is 8.61. The van der Waals surface area contributed by atoms with E-state index in [0.29, 0.717) is 0 Å². The predicted molar refractivity (Wildman–Crippen MR) is 73.5 cm³/mol. The number of hydrogen-bond acceptors (Lipinski definition) is 3. The summed E-state index contributed by atoms with van der Waals surface area (Å²) in [6.45, 7) is 6.86. The Bertz CT molecular complexity index is 536. The second kappa shape index (κ2) is 5.59. The molecule has 18 heavy (non-hydrogen) atoms. The van der Waals surface area contributed by atoms with Gasteiger partial charge in [-0.1, -0.05) is 13.0 Å². The highest BCUT2D eigenvalue weighted by molar-refractivity contribution is 7.11. The van der Waals surface area contributed by atoms with Gasteiger partial charge < -0.3 is 5.32 Å². The van der Waals surface area contributed by atoms with Gasteiger partial charge in [-0.05, 0) is 43.7 Å². The highest BCUT2D eigenvalue weighted by Crippen LogP contribution is 2.29. The van der Waals surface area contributed by atoms with Crippen LogP contribution in [-0.2, 0) is 0 Å². The minimum Gasteiger partial charge on any atom is -0.306 e. The van der Waals surface area contributed by atoms with Gasteiger partial charge in [0.15, 0.2) is 0 Å². The Morgan fingerprint density at radius 1 is 1.39 bits per heavy atom. The number of thiazole rings is 1. The van der Waals surface area contributed by atoms with E-state index in [1.165, 1.54) is 10.9 Å². The first-order valence-electron chi connectivity index (χ1n) is 6.03. The highest BCUT2D eigenvalue weighted by Gasteiger charge is 2.17.